The van der Waals surface area contributed by atoms with Gasteiger partial charge in [0.2, 0.25) is 0 Å². The number of aromatic nitrogens is 1. The van der Waals surface area contributed by atoms with E-state index in [0.29, 0.717) is 6.54 Å². The van der Waals surface area contributed by atoms with Gasteiger partial charge in [0.25, 0.3) is 0 Å². The topological polar surface area (TPSA) is 62.2 Å². The van der Waals surface area contributed by atoms with E-state index >= 15 is 0 Å². The maximum absolute atomic E-state index is 10.5. The summed E-state index contributed by atoms with van der Waals surface area (Å²) in [6.45, 7) is 4.30. The summed E-state index contributed by atoms with van der Waals surface area (Å²) in [7, 11) is 0. The highest BCUT2D eigenvalue weighted by molar-refractivity contribution is 7.09. The molecule has 0 bridgehead atoms. The molecule has 0 aliphatic carbocycles. The Balaban J connectivity index is 2.35. The van der Waals surface area contributed by atoms with Crippen LogP contribution in [0.1, 0.15) is 24.8 Å². The van der Waals surface area contributed by atoms with Crippen molar-refractivity contribution < 1.29 is 9.90 Å². The molecule has 2 unspecified atom stereocenters. The summed E-state index contributed by atoms with van der Waals surface area (Å²) in [6.07, 6.45) is 1.76. The molecule has 0 fully saturated rings. The number of thiazole rings is 1. The predicted octanol–water partition coefficient (Wildman–Crippen LogP) is 1.31. The van der Waals surface area contributed by atoms with Crippen molar-refractivity contribution >= 4 is 17.3 Å². The zero-order chi connectivity index (χ0) is 10.6. The van der Waals surface area contributed by atoms with Crippen LogP contribution in [0, 0.1) is 0 Å². The Labute approximate surface area is 87.0 Å². The molecule has 1 aromatic heterocycles. The van der Waals surface area contributed by atoms with Crippen LogP contribution in [-0.4, -0.2) is 28.6 Å². The molecule has 0 radical (unpaired) electrons. The van der Waals surface area contributed by atoms with Gasteiger partial charge in [-0.1, -0.05) is 6.92 Å². The summed E-state index contributed by atoms with van der Waals surface area (Å²) in [6, 6.07) is -0.502. The number of hydrogen-bond donors (Lipinski definition) is 2. The van der Waals surface area contributed by atoms with Gasteiger partial charge in [-0.25, -0.2) is 4.98 Å². The summed E-state index contributed by atoms with van der Waals surface area (Å²) < 4.78 is 0. The first-order valence-electron chi connectivity index (χ1n) is 4.47. The number of carboxylic acids is 1. The van der Waals surface area contributed by atoms with Crippen LogP contribution in [0.2, 0.25) is 0 Å². The van der Waals surface area contributed by atoms with Gasteiger partial charge in [0, 0.05) is 24.0 Å². The van der Waals surface area contributed by atoms with E-state index in [4.69, 9.17) is 5.11 Å². The predicted molar refractivity (Wildman–Crippen MR) is 55.6 cm³/mol. The van der Waals surface area contributed by atoms with Crippen molar-refractivity contribution in [1.29, 1.82) is 0 Å². The molecule has 0 aliphatic heterocycles. The van der Waals surface area contributed by atoms with Crippen LogP contribution in [0.3, 0.4) is 0 Å². The second-order valence-corrected chi connectivity index (χ2v) is 4.17. The Morgan fingerprint density at radius 3 is 2.93 bits per heavy atom. The SMILES string of the molecule is CC(NCC(C)c1nccs1)C(=O)O. The molecule has 14 heavy (non-hydrogen) atoms. The summed E-state index contributed by atoms with van der Waals surface area (Å²) >= 11 is 1.59. The molecule has 0 saturated heterocycles. The lowest BCUT2D eigenvalue weighted by Gasteiger charge is -2.12. The van der Waals surface area contributed by atoms with Crippen LogP contribution in [0.15, 0.2) is 11.6 Å². The number of nitrogens with one attached hydrogen (secondary N) is 1. The Kier molecular flexibility index (Phi) is 4.03. The van der Waals surface area contributed by atoms with E-state index in [1.54, 1.807) is 24.5 Å². The van der Waals surface area contributed by atoms with Gasteiger partial charge in [-0.05, 0) is 6.92 Å². The largest absolute Gasteiger partial charge is 0.480 e. The molecule has 0 spiro atoms. The second-order valence-electron chi connectivity index (χ2n) is 3.24. The minimum Gasteiger partial charge on any atom is -0.480 e. The smallest absolute Gasteiger partial charge is 0.320 e. The standard InChI is InChI=1S/C9H14N2O2S/c1-6(8-10-3-4-14-8)5-11-7(2)9(12)13/h3-4,6-7,11H,5H2,1-2H3,(H,12,13). The normalized spacial score (nSPS) is 15.0. The van der Waals surface area contributed by atoms with Crippen LogP contribution in [-0.2, 0) is 4.79 Å². The number of carboxylic acid groups (broad SMARTS) is 1. The van der Waals surface area contributed by atoms with Gasteiger partial charge in [0.15, 0.2) is 0 Å². The average molecular weight is 214 g/mol. The summed E-state index contributed by atoms with van der Waals surface area (Å²) in [4.78, 5) is 14.7. The molecule has 78 valence electrons. The maximum Gasteiger partial charge on any atom is 0.320 e. The van der Waals surface area contributed by atoms with E-state index in [1.165, 1.54) is 0 Å². The maximum atomic E-state index is 10.5. The van der Waals surface area contributed by atoms with Gasteiger partial charge in [-0.15, -0.1) is 11.3 Å². The lowest BCUT2D eigenvalue weighted by molar-refractivity contribution is -0.139. The fourth-order valence-electron chi connectivity index (χ4n) is 1.01. The van der Waals surface area contributed by atoms with Crippen molar-refractivity contribution in [2.45, 2.75) is 25.8 Å². The van der Waals surface area contributed by atoms with Crippen molar-refractivity contribution in [3.63, 3.8) is 0 Å². The first-order valence-corrected chi connectivity index (χ1v) is 5.34. The molecule has 0 aliphatic rings. The summed E-state index contributed by atoms with van der Waals surface area (Å²) in [5.41, 5.74) is 0. The third kappa shape index (κ3) is 3.08. The Morgan fingerprint density at radius 2 is 2.43 bits per heavy atom. The first-order chi connectivity index (χ1) is 6.61. The number of hydrogen-bond acceptors (Lipinski definition) is 4. The van der Waals surface area contributed by atoms with Crippen LogP contribution in [0.25, 0.3) is 0 Å². The zero-order valence-corrected chi connectivity index (χ0v) is 9.04. The molecule has 0 aromatic carbocycles. The second kappa shape index (κ2) is 5.07. The van der Waals surface area contributed by atoms with Gasteiger partial charge in [-0.3, -0.25) is 4.79 Å². The van der Waals surface area contributed by atoms with Crippen molar-refractivity contribution in [2.75, 3.05) is 6.54 Å². The molecular formula is C9H14N2O2S. The Morgan fingerprint density at radius 1 is 1.71 bits per heavy atom. The fraction of sp³-hybridized carbons (Fsp3) is 0.556. The zero-order valence-electron chi connectivity index (χ0n) is 8.23. The first kappa shape index (κ1) is 11.1. The quantitative estimate of drug-likeness (QED) is 0.775. The number of rotatable bonds is 5. The van der Waals surface area contributed by atoms with Crippen molar-refractivity contribution in [1.82, 2.24) is 10.3 Å². The van der Waals surface area contributed by atoms with Gasteiger partial charge < -0.3 is 10.4 Å². The van der Waals surface area contributed by atoms with E-state index < -0.39 is 12.0 Å². The molecule has 0 amide bonds. The van der Waals surface area contributed by atoms with Crippen molar-refractivity contribution in [3.8, 4) is 0 Å². The monoisotopic (exact) mass is 214 g/mol. The molecule has 4 nitrogen and oxygen atoms in total. The molecule has 5 heteroatoms. The van der Waals surface area contributed by atoms with Crippen LogP contribution in [0.5, 0.6) is 0 Å². The lowest BCUT2D eigenvalue weighted by atomic mass is 10.2. The van der Waals surface area contributed by atoms with E-state index in [-0.39, 0.29) is 5.92 Å². The van der Waals surface area contributed by atoms with Crippen LogP contribution in [0.4, 0.5) is 0 Å². The third-order valence-corrected chi connectivity index (χ3v) is 2.98. The van der Waals surface area contributed by atoms with Crippen LogP contribution < -0.4 is 5.32 Å². The molecule has 1 aromatic rings. The lowest BCUT2D eigenvalue weighted by Crippen LogP contribution is -2.35. The van der Waals surface area contributed by atoms with E-state index in [0.717, 1.165) is 5.01 Å². The molecule has 0 saturated carbocycles. The van der Waals surface area contributed by atoms with Crippen molar-refractivity contribution in [3.05, 3.63) is 16.6 Å². The summed E-state index contributed by atoms with van der Waals surface area (Å²) in [5.74, 6) is -0.562. The highest BCUT2D eigenvalue weighted by Crippen LogP contribution is 2.16. The Hall–Kier alpha value is -0.940. The van der Waals surface area contributed by atoms with E-state index in [1.807, 2.05) is 12.3 Å². The van der Waals surface area contributed by atoms with Gasteiger partial charge in [0.05, 0.1) is 5.01 Å². The highest BCUT2D eigenvalue weighted by Gasteiger charge is 2.13. The van der Waals surface area contributed by atoms with Crippen molar-refractivity contribution in [2.24, 2.45) is 0 Å². The Bertz CT molecular complexity index is 287. The van der Waals surface area contributed by atoms with Crippen LogP contribution >= 0.6 is 11.3 Å². The number of nitrogens with zero attached hydrogens (tertiary/aromatic N) is 1. The summed E-state index contributed by atoms with van der Waals surface area (Å²) in [5, 5.41) is 14.5. The molecule has 1 rings (SSSR count). The third-order valence-electron chi connectivity index (χ3n) is 1.97. The highest BCUT2D eigenvalue weighted by atomic mass is 32.1. The molecule has 2 atom stereocenters. The molecular weight excluding hydrogens is 200 g/mol. The number of aliphatic carboxylic acids is 1. The minimum absolute atomic E-state index is 0.261. The number of carbonyl (C=O) groups is 1. The van der Waals surface area contributed by atoms with Gasteiger partial charge in [0.1, 0.15) is 6.04 Å². The van der Waals surface area contributed by atoms with E-state index in [2.05, 4.69) is 10.3 Å². The van der Waals surface area contributed by atoms with Gasteiger partial charge in [-0.2, -0.15) is 0 Å². The average Bonchev–Trinajstić information content (AvgIpc) is 2.66. The fourth-order valence-corrected chi connectivity index (χ4v) is 1.70. The molecule has 2 N–H and O–H groups in total. The molecule has 1 heterocycles. The minimum atomic E-state index is -0.823. The van der Waals surface area contributed by atoms with E-state index in [9.17, 15) is 4.79 Å². The van der Waals surface area contributed by atoms with Gasteiger partial charge >= 0.3 is 5.97 Å².